The molecular weight excluding hydrogens is 775 g/mol. The Morgan fingerprint density at radius 1 is 0.850 bits per heavy atom. The van der Waals surface area contributed by atoms with E-state index < -0.39 is 42.2 Å². The van der Waals surface area contributed by atoms with Gasteiger partial charge in [0.2, 0.25) is 17.7 Å². The van der Waals surface area contributed by atoms with Crippen molar-refractivity contribution in [3.63, 3.8) is 0 Å². The Morgan fingerprint density at radius 2 is 1.65 bits per heavy atom. The predicted molar refractivity (Wildman–Crippen MR) is 216 cm³/mol. The summed E-state index contributed by atoms with van der Waals surface area (Å²) >= 11 is 0. The quantitative estimate of drug-likeness (QED) is 0.107. The molecule has 0 bridgehead atoms. The zero-order chi connectivity index (χ0) is 41.3. The average Bonchev–Trinajstić information content (AvgIpc) is 3.62. The van der Waals surface area contributed by atoms with E-state index in [1.165, 1.54) is 0 Å². The number of carbonyl (C=O) groups is 4. The lowest BCUT2D eigenvalue weighted by Crippen LogP contribution is -2.64. The van der Waals surface area contributed by atoms with Gasteiger partial charge in [-0.2, -0.15) is 0 Å². The third-order valence-corrected chi connectivity index (χ3v) is 13.0. The second-order valence-electron chi connectivity index (χ2n) is 17.1. The average molecular weight is 819 g/mol. The number of halogens is 2. The number of benzene rings is 2. The first-order chi connectivity index (χ1) is 28.9. The van der Waals surface area contributed by atoms with Crippen LogP contribution < -0.4 is 15.0 Å². The SMILES string of the molecule is Cn1c2ccncc2c2ccc(-c3ccc(O[C@H]4C[C@H](OCCCC(F)(F)COC5CC6(C5)CN(c5ccc7c(c5)C(=O)N(C5CCC(=O)NC5=O)C7=O)C6)C4)nc3)cc21. The third-order valence-electron chi connectivity index (χ3n) is 13.0. The van der Waals surface area contributed by atoms with Gasteiger partial charge in [-0.15, -0.1) is 0 Å². The van der Waals surface area contributed by atoms with Crippen molar-refractivity contribution in [2.75, 3.05) is 31.2 Å². The number of fused-ring (bicyclic) bond motifs is 4. The minimum atomic E-state index is -2.95. The number of pyridine rings is 2. The number of carbonyl (C=O) groups excluding carboxylic acids is 4. The Labute approximate surface area is 344 Å². The molecule has 310 valence electrons. The summed E-state index contributed by atoms with van der Waals surface area (Å²) in [6, 6.07) is 16.3. The second kappa shape index (κ2) is 14.7. The van der Waals surface area contributed by atoms with Crippen molar-refractivity contribution in [1.82, 2.24) is 24.8 Å². The van der Waals surface area contributed by atoms with E-state index >= 15 is 0 Å². The molecular formula is C45H44F2N6O7. The molecule has 5 aliphatic rings. The number of hydrogen-bond donors (Lipinski definition) is 1. The van der Waals surface area contributed by atoms with Crippen LogP contribution in [-0.2, 0) is 26.1 Å². The van der Waals surface area contributed by atoms with E-state index in [0.717, 1.165) is 43.5 Å². The van der Waals surface area contributed by atoms with Gasteiger partial charge in [0.15, 0.2) is 0 Å². The summed E-state index contributed by atoms with van der Waals surface area (Å²) in [5, 5.41) is 4.49. The Morgan fingerprint density at radius 3 is 2.43 bits per heavy atom. The van der Waals surface area contributed by atoms with Gasteiger partial charge in [0.05, 0.1) is 28.9 Å². The number of anilines is 1. The highest BCUT2D eigenvalue weighted by Gasteiger charge is 2.54. The molecule has 4 fully saturated rings. The maximum absolute atomic E-state index is 14.8. The van der Waals surface area contributed by atoms with Crippen molar-refractivity contribution >= 4 is 51.1 Å². The van der Waals surface area contributed by atoms with Crippen molar-refractivity contribution in [2.45, 2.75) is 81.6 Å². The standard InChI is InChI=1S/C45H44F2N6O7/c1-51-36-11-13-48-22-35(36)32-6-3-26(15-38(32)51)27-4-10-40(49-21-27)60-30-17-29(18-30)58-14-2-12-45(46,47)25-59-31-19-44(20-31)23-52(24-44)28-5-7-33-34(16-28)43(57)53(42(33)56)37-8-9-39(54)50-41(37)55/h3-7,10-11,13,15-16,21-22,29-31,37H,2,8-9,12,14,17-20,23-25H2,1H3,(H,50,54,55)/t29-,30-,37?. The van der Waals surface area contributed by atoms with Crippen LogP contribution in [0.5, 0.6) is 5.88 Å². The van der Waals surface area contributed by atoms with Crippen LogP contribution in [0.4, 0.5) is 14.5 Å². The van der Waals surface area contributed by atoms with Crippen molar-refractivity contribution in [2.24, 2.45) is 12.5 Å². The normalized spacial score (nSPS) is 22.6. The van der Waals surface area contributed by atoms with E-state index in [4.69, 9.17) is 14.2 Å². The summed E-state index contributed by atoms with van der Waals surface area (Å²) in [5.74, 6) is -4.56. The fourth-order valence-electron chi connectivity index (χ4n) is 9.55. The van der Waals surface area contributed by atoms with E-state index in [1.807, 2.05) is 30.6 Å². The molecule has 6 heterocycles. The first kappa shape index (κ1) is 38.4. The molecule has 2 aliphatic carbocycles. The number of alkyl halides is 2. The van der Waals surface area contributed by atoms with Crippen LogP contribution in [0.2, 0.25) is 0 Å². The molecule has 1 atom stereocenters. The van der Waals surface area contributed by atoms with Crippen LogP contribution in [0.3, 0.4) is 0 Å². The van der Waals surface area contributed by atoms with E-state index in [2.05, 4.69) is 50.0 Å². The lowest BCUT2D eigenvalue weighted by molar-refractivity contribution is -0.155. The number of amides is 4. The first-order valence-electron chi connectivity index (χ1n) is 20.6. The van der Waals surface area contributed by atoms with Crippen LogP contribution >= 0.6 is 0 Å². The number of nitrogens with one attached hydrogen (secondary N) is 1. The van der Waals surface area contributed by atoms with E-state index in [-0.39, 0.29) is 67.1 Å². The predicted octanol–water partition coefficient (Wildman–Crippen LogP) is 6.22. The van der Waals surface area contributed by atoms with E-state index in [0.29, 0.717) is 44.7 Å². The second-order valence-corrected chi connectivity index (χ2v) is 17.1. The molecule has 3 aromatic heterocycles. The highest BCUT2D eigenvalue weighted by molar-refractivity contribution is 6.23. The highest BCUT2D eigenvalue weighted by atomic mass is 19.3. The van der Waals surface area contributed by atoms with Crippen molar-refractivity contribution < 1.29 is 42.2 Å². The molecule has 5 aromatic rings. The minimum absolute atomic E-state index is 0.0256. The van der Waals surface area contributed by atoms with Crippen molar-refractivity contribution in [1.29, 1.82) is 0 Å². The smallest absolute Gasteiger partial charge is 0.271 e. The number of rotatable bonds is 13. The summed E-state index contributed by atoms with van der Waals surface area (Å²) in [7, 11) is 2.06. The van der Waals surface area contributed by atoms with Gasteiger partial charge in [-0.1, -0.05) is 12.1 Å². The van der Waals surface area contributed by atoms with Gasteiger partial charge < -0.3 is 23.7 Å². The molecule has 13 nitrogen and oxygen atoms in total. The van der Waals surface area contributed by atoms with Crippen LogP contribution in [0, 0.1) is 5.41 Å². The van der Waals surface area contributed by atoms with Crippen molar-refractivity contribution in [3.05, 3.63) is 84.3 Å². The van der Waals surface area contributed by atoms with Gasteiger partial charge in [0, 0.05) is 110 Å². The number of hydrogen-bond acceptors (Lipinski definition) is 10. The fraction of sp³-hybridized carbons (Fsp3) is 0.422. The monoisotopic (exact) mass is 818 g/mol. The van der Waals surface area contributed by atoms with Gasteiger partial charge in [-0.25, -0.2) is 13.8 Å². The Kier molecular flexibility index (Phi) is 9.43. The molecule has 2 saturated heterocycles. The fourth-order valence-corrected chi connectivity index (χ4v) is 9.55. The van der Waals surface area contributed by atoms with E-state index in [1.54, 1.807) is 24.4 Å². The largest absolute Gasteiger partial charge is 0.474 e. The van der Waals surface area contributed by atoms with Gasteiger partial charge in [-0.3, -0.25) is 34.4 Å². The van der Waals surface area contributed by atoms with Crippen LogP contribution in [-0.4, -0.2) is 99.6 Å². The number of piperidine rings is 1. The molecule has 10 rings (SSSR count). The summed E-state index contributed by atoms with van der Waals surface area (Å²) in [6.07, 6.45) is 8.03. The lowest BCUT2D eigenvalue weighted by Gasteiger charge is -2.59. The maximum atomic E-state index is 14.8. The van der Waals surface area contributed by atoms with Gasteiger partial charge in [0.1, 0.15) is 18.8 Å². The van der Waals surface area contributed by atoms with Crippen LogP contribution in [0.25, 0.3) is 32.9 Å². The Hall–Kier alpha value is -5.80. The van der Waals surface area contributed by atoms with Crippen molar-refractivity contribution in [3.8, 4) is 17.0 Å². The summed E-state index contributed by atoms with van der Waals surface area (Å²) in [4.78, 5) is 62.1. The van der Waals surface area contributed by atoms with Crippen LogP contribution in [0.1, 0.15) is 72.1 Å². The number of imide groups is 2. The van der Waals surface area contributed by atoms with E-state index in [9.17, 15) is 28.0 Å². The molecule has 2 aromatic carbocycles. The molecule has 1 N–H and O–H groups in total. The molecule has 3 aliphatic heterocycles. The minimum Gasteiger partial charge on any atom is -0.474 e. The molecule has 1 spiro atoms. The molecule has 2 saturated carbocycles. The van der Waals surface area contributed by atoms with Gasteiger partial charge >= 0.3 is 0 Å². The lowest BCUT2D eigenvalue weighted by atomic mass is 9.61. The summed E-state index contributed by atoms with van der Waals surface area (Å²) < 4.78 is 49.2. The molecule has 15 heteroatoms. The van der Waals surface area contributed by atoms with Crippen LogP contribution in [0.15, 0.2) is 73.2 Å². The Bertz CT molecular complexity index is 2540. The topological polar surface area (TPSA) is 145 Å². The molecule has 0 radical (unpaired) electrons. The number of aromatic nitrogens is 3. The Balaban J connectivity index is 0.614. The highest BCUT2D eigenvalue weighted by Crippen LogP contribution is 2.51. The zero-order valence-corrected chi connectivity index (χ0v) is 33.1. The molecule has 1 unspecified atom stereocenters. The number of aryl methyl sites for hydroxylation is 1. The number of ether oxygens (including phenoxy) is 3. The third kappa shape index (κ3) is 6.96. The zero-order valence-electron chi connectivity index (χ0n) is 33.1. The summed E-state index contributed by atoms with van der Waals surface area (Å²) in [5.41, 5.74) is 5.53. The van der Waals surface area contributed by atoms with Gasteiger partial charge in [0.25, 0.3) is 17.7 Å². The maximum Gasteiger partial charge on any atom is 0.271 e. The molecule has 4 amide bonds. The summed E-state index contributed by atoms with van der Waals surface area (Å²) in [6.45, 7) is 1.01. The first-order valence-corrected chi connectivity index (χ1v) is 20.6. The van der Waals surface area contributed by atoms with Gasteiger partial charge in [-0.05, 0) is 67.6 Å². The number of nitrogens with zero attached hydrogens (tertiary/aromatic N) is 5. The molecule has 60 heavy (non-hydrogen) atoms.